The van der Waals surface area contributed by atoms with E-state index in [0.29, 0.717) is 17.7 Å². The van der Waals surface area contributed by atoms with Crippen LogP contribution >= 0.6 is 0 Å². The van der Waals surface area contributed by atoms with Gasteiger partial charge in [-0.05, 0) is 113 Å². The van der Waals surface area contributed by atoms with E-state index in [1.165, 1.54) is 64.5 Å². The topological polar surface area (TPSA) is 48.5 Å². The molecule has 11 rings (SSSR count). The molecule has 0 spiro atoms. The lowest BCUT2D eigenvalue weighted by molar-refractivity contribution is 0.590. The van der Waals surface area contributed by atoms with Crippen LogP contribution in [-0.4, -0.2) is 32.2 Å². The van der Waals surface area contributed by atoms with Gasteiger partial charge < -0.3 is 0 Å². The fraction of sp³-hybridized carbons (Fsp3) is 0.239. The molecule has 0 amide bonds. The summed E-state index contributed by atoms with van der Waals surface area (Å²) in [5.41, 5.74) is 10.1. The van der Waals surface area contributed by atoms with Crippen molar-refractivity contribution in [3.05, 3.63) is 210 Å². The van der Waals surface area contributed by atoms with Crippen molar-refractivity contribution in [3.63, 3.8) is 0 Å². The fourth-order valence-electron chi connectivity index (χ4n) is 11.0. The van der Waals surface area contributed by atoms with Gasteiger partial charge in [0.2, 0.25) is 11.9 Å². The SMILES string of the molecule is CC(C)(C)c1ccc2c(c1)c1cc(C(C)(C)C)ccc1n2-c1nc(-c2cccc([Si](c3ccccc3)(c3ccccc3)c3ccccc3)c2)nc(-n2c3ccc(C(C)(C)C)cc3c3cc(C(C)(C)C)ccc32)n1. The average molecular weight is 970 g/mol. The van der Waals surface area contributed by atoms with Crippen molar-refractivity contribution in [2.45, 2.75) is 105 Å². The Morgan fingerprint density at radius 2 is 0.603 bits per heavy atom. The predicted octanol–water partition coefficient (Wildman–Crippen LogP) is 14.3. The molecule has 73 heavy (non-hydrogen) atoms. The Morgan fingerprint density at radius 3 is 0.904 bits per heavy atom. The summed E-state index contributed by atoms with van der Waals surface area (Å²) in [5, 5.41) is 9.92. The zero-order valence-corrected chi connectivity index (χ0v) is 45.6. The predicted molar refractivity (Wildman–Crippen MR) is 312 cm³/mol. The van der Waals surface area contributed by atoms with E-state index in [-0.39, 0.29) is 21.7 Å². The molecular weight excluding hydrogens is 903 g/mol. The van der Waals surface area contributed by atoms with Crippen LogP contribution in [0.1, 0.15) is 105 Å². The van der Waals surface area contributed by atoms with Crippen LogP contribution in [0.2, 0.25) is 0 Å². The molecule has 11 aromatic rings. The van der Waals surface area contributed by atoms with E-state index in [1.54, 1.807) is 0 Å². The Bertz CT molecular complexity index is 3470. The van der Waals surface area contributed by atoms with Gasteiger partial charge in [0.05, 0.1) is 22.1 Å². The number of hydrogen-bond acceptors (Lipinski definition) is 3. The lowest BCUT2D eigenvalue weighted by atomic mass is 9.85. The molecule has 8 aromatic carbocycles. The van der Waals surface area contributed by atoms with Gasteiger partial charge in [0.15, 0.2) is 13.9 Å². The summed E-state index contributed by atoms with van der Waals surface area (Å²) in [6.45, 7) is 27.5. The van der Waals surface area contributed by atoms with Crippen LogP contribution < -0.4 is 20.7 Å². The first kappa shape index (κ1) is 47.9. The van der Waals surface area contributed by atoms with Gasteiger partial charge in [0, 0.05) is 27.1 Å². The number of nitrogens with zero attached hydrogens (tertiary/aromatic N) is 5. The first-order valence-corrected chi connectivity index (χ1v) is 27.9. The average Bonchev–Trinajstić information content (AvgIpc) is 3.88. The lowest BCUT2D eigenvalue weighted by Gasteiger charge is -2.34. The molecule has 0 saturated carbocycles. The van der Waals surface area contributed by atoms with Crippen LogP contribution in [-0.2, 0) is 21.7 Å². The van der Waals surface area contributed by atoms with Gasteiger partial charge >= 0.3 is 0 Å². The Hall–Kier alpha value is -7.41. The van der Waals surface area contributed by atoms with Gasteiger partial charge in [-0.1, -0.05) is 223 Å². The normalized spacial score (nSPS) is 12.9. The molecule has 0 N–H and O–H groups in total. The number of rotatable bonds is 7. The summed E-state index contributed by atoms with van der Waals surface area (Å²) in [4.78, 5) is 16.9. The molecule has 0 fully saturated rings. The van der Waals surface area contributed by atoms with Crippen LogP contribution in [0.4, 0.5) is 0 Å². The molecule has 0 bridgehead atoms. The lowest BCUT2D eigenvalue weighted by Crippen LogP contribution is -2.74. The van der Waals surface area contributed by atoms with Gasteiger partial charge in [-0.3, -0.25) is 9.13 Å². The number of benzene rings is 8. The van der Waals surface area contributed by atoms with Gasteiger partial charge in [-0.2, -0.15) is 15.0 Å². The molecule has 0 atom stereocenters. The smallest absolute Gasteiger partial charge is 0.240 e. The molecule has 3 heterocycles. The molecule has 0 saturated heterocycles. The highest BCUT2D eigenvalue weighted by molar-refractivity contribution is 7.19. The zero-order valence-electron chi connectivity index (χ0n) is 44.6. The van der Waals surface area contributed by atoms with Crippen molar-refractivity contribution in [2.75, 3.05) is 0 Å². The van der Waals surface area contributed by atoms with Gasteiger partial charge in [0.25, 0.3) is 0 Å². The van der Waals surface area contributed by atoms with E-state index in [0.717, 1.165) is 27.6 Å². The van der Waals surface area contributed by atoms with E-state index in [9.17, 15) is 0 Å². The van der Waals surface area contributed by atoms with Gasteiger partial charge in [-0.15, -0.1) is 0 Å². The second-order valence-corrected chi connectivity index (χ2v) is 28.1. The van der Waals surface area contributed by atoms with Crippen LogP contribution in [0.15, 0.2) is 188 Å². The summed E-state index contributed by atoms with van der Waals surface area (Å²) in [6.07, 6.45) is 0. The molecule has 0 radical (unpaired) electrons. The monoisotopic (exact) mass is 970 g/mol. The van der Waals surface area contributed by atoms with E-state index in [2.05, 4.69) is 280 Å². The minimum Gasteiger partial charge on any atom is -0.278 e. The third kappa shape index (κ3) is 8.30. The fourth-order valence-corrected chi connectivity index (χ4v) is 15.8. The second kappa shape index (κ2) is 17.4. The Balaban J connectivity index is 1.25. The summed E-state index contributed by atoms with van der Waals surface area (Å²) in [6, 6.07) is 70.2. The quantitative estimate of drug-likeness (QED) is 0.118. The highest BCUT2D eigenvalue weighted by atomic mass is 28.3. The highest BCUT2D eigenvalue weighted by Crippen LogP contribution is 2.40. The summed E-state index contributed by atoms with van der Waals surface area (Å²) in [7, 11) is -2.91. The van der Waals surface area contributed by atoms with Crippen LogP contribution in [0, 0.1) is 0 Å². The maximum atomic E-state index is 5.66. The Labute approximate surface area is 432 Å². The van der Waals surface area contributed by atoms with E-state index in [1.807, 2.05) is 0 Å². The Morgan fingerprint density at radius 1 is 0.301 bits per heavy atom. The molecule has 6 heteroatoms. The number of hydrogen-bond donors (Lipinski definition) is 0. The largest absolute Gasteiger partial charge is 0.278 e. The summed E-state index contributed by atoms with van der Waals surface area (Å²) in [5.74, 6) is 1.75. The summed E-state index contributed by atoms with van der Waals surface area (Å²) < 4.78 is 4.56. The number of aromatic nitrogens is 5. The second-order valence-electron chi connectivity index (χ2n) is 24.3. The Kier molecular flexibility index (Phi) is 11.4. The first-order valence-electron chi connectivity index (χ1n) is 25.9. The molecule has 364 valence electrons. The van der Waals surface area contributed by atoms with E-state index >= 15 is 0 Å². The van der Waals surface area contributed by atoms with Crippen molar-refractivity contribution < 1.29 is 0 Å². The number of fused-ring (bicyclic) bond motifs is 6. The van der Waals surface area contributed by atoms with E-state index in [4.69, 9.17) is 15.0 Å². The highest BCUT2D eigenvalue weighted by Gasteiger charge is 2.41. The van der Waals surface area contributed by atoms with Crippen LogP contribution in [0.25, 0.3) is 66.9 Å². The zero-order chi connectivity index (χ0) is 51.2. The minimum atomic E-state index is -2.91. The van der Waals surface area contributed by atoms with Crippen molar-refractivity contribution in [1.29, 1.82) is 0 Å². The van der Waals surface area contributed by atoms with E-state index < -0.39 is 8.07 Å². The minimum absolute atomic E-state index is 0.0448. The van der Waals surface area contributed by atoms with Crippen molar-refractivity contribution in [1.82, 2.24) is 24.1 Å². The van der Waals surface area contributed by atoms with Gasteiger partial charge in [-0.25, -0.2) is 0 Å². The first-order chi connectivity index (χ1) is 34.7. The third-order valence-corrected chi connectivity index (χ3v) is 20.0. The summed E-state index contributed by atoms with van der Waals surface area (Å²) >= 11 is 0. The molecular formula is C67H67N5Si. The van der Waals surface area contributed by atoms with Crippen LogP contribution in [0.3, 0.4) is 0 Å². The molecule has 3 aromatic heterocycles. The van der Waals surface area contributed by atoms with Crippen molar-refractivity contribution in [2.24, 2.45) is 0 Å². The van der Waals surface area contributed by atoms with Gasteiger partial charge in [0.1, 0.15) is 0 Å². The molecule has 0 aliphatic rings. The molecule has 0 aliphatic carbocycles. The standard InChI is InChI=1S/C67H67N5Si/c1-64(2,3)45-31-35-57-53(40-45)54-41-46(65(4,5)6)32-36-58(54)71(57)62-68-61(69-63(70-62)72-59-37-33-47(66(7,8)9)42-55(59)56-43-48(67(10,11)12)34-38-60(56)72)44-23-22-30-52(39-44)73(49-24-16-13-17-25-49,50-26-18-14-19-27-50)51-28-20-15-21-29-51/h13-43H,1-12H3. The molecule has 0 unspecified atom stereocenters. The molecule has 5 nitrogen and oxygen atoms in total. The molecule has 0 aliphatic heterocycles. The maximum Gasteiger partial charge on any atom is 0.240 e. The third-order valence-electron chi connectivity index (χ3n) is 15.2. The van der Waals surface area contributed by atoms with Crippen LogP contribution in [0.5, 0.6) is 0 Å². The maximum absolute atomic E-state index is 5.66. The van der Waals surface area contributed by atoms with Crippen molar-refractivity contribution >= 4 is 72.4 Å². The van der Waals surface area contributed by atoms with Crippen molar-refractivity contribution in [3.8, 4) is 23.3 Å².